The maximum Gasteiger partial charge on any atom is 0.233 e. The van der Waals surface area contributed by atoms with E-state index in [1.807, 2.05) is 61.5 Å². The molecule has 4 rings (SSSR count). The third kappa shape index (κ3) is 5.36. The van der Waals surface area contributed by atoms with E-state index in [0.29, 0.717) is 13.1 Å². The van der Waals surface area contributed by atoms with Crippen molar-refractivity contribution in [2.24, 2.45) is 0 Å². The third-order valence-electron chi connectivity index (χ3n) is 5.05. The average molecular weight is 423 g/mol. The number of ether oxygens (including phenoxy) is 1. The number of para-hydroxylation sites is 1. The lowest BCUT2D eigenvalue weighted by atomic mass is 10.2. The lowest BCUT2D eigenvalue weighted by Gasteiger charge is -2.26. The van der Waals surface area contributed by atoms with Gasteiger partial charge in [-0.2, -0.15) is 0 Å². The number of fused-ring (bicyclic) bond motifs is 1. The Morgan fingerprint density at radius 3 is 2.63 bits per heavy atom. The molecule has 2 heterocycles. The van der Waals surface area contributed by atoms with Gasteiger partial charge in [-0.25, -0.2) is 9.97 Å². The van der Waals surface area contributed by atoms with E-state index in [-0.39, 0.29) is 11.2 Å². The number of rotatable bonds is 7. The molecule has 0 aliphatic carbocycles. The molecule has 0 bridgehead atoms. The van der Waals surface area contributed by atoms with Crippen molar-refractivity contribution in [3.63, 3.8) is 0 Å². The van der Waals surface area contributed by atoms with Gasteiger partial charge in [0.25, 0.3) is 0 Å². The smallest absolute Gasteiger partial charge is 0.233 e. The van der Waals surface area contributed by atoms with Gasteiger partial charge in [0, 0.05) is 25.0 Å². The molecule has 30 heavy (non-hydrogen) atoms. The molecule has 1 saturated heterocycles. The molecule has 6 nitrogen and oxygen atoms in total. The summed E-state index contributed by atoms with van der Waals surface area (Å²) in [6.45, 7) is 6.40. The lowest BCUT2D eigenvalue weighted by Crippen LogP contribution is -2.36. The maximum absolute atomic E-state index is 12.7. The van der Waals surface area contributed by atoms with E-state index in [2.05, 4.69) is 10.2 Å². The summed E-state index contributed by atoms with van der Waals surface area (Å²) >= 11 is 1.49. The van der Waals surface area contributed by atoms with Crippen molar-refractivity contribution in [1.82, 2.24) is 20.2 Å². The number of hydrogen-bond acceptors (Lipinski definition) is 6. The third-order valence-corrected chi connectivity index (χ3v) is 6.15. The molecule has 1 aliphatic heterocycles. The number of morpholine rings is 1. The number of benzene rings is 2. The zero-order valence-electron chi connectivity index (χ0n) is 17.1. The number of carbonyl (C=O) groups excluding carboxylic acids is 1. The van der Waals surface area contributed by atoms with Gasteiger partial charge < -0.3 is 10.1 Å². The van der Waals surface area contributed by atoms with Crippen LogP contribution in [0.15, 0.2) is 59.6 Å². The summed E-state index contributed by atoms with van der Waals surface area (Å²) in [6.07, 6.45) is 0. The minimum atomic E-state index is -0.261. The van der Waals surface area contributed by atoms with Crippen LogP contribution in [0.5, 0.6) is 0 Å². The van der Waals surface area contributed by atoms with Gasteiger partial charge in [0.05, 0.1) is 30.5 Å². The molecule has 0 spiro atoms. The van der Waals surface area contributed by atoms with Crippen LogP contribution in [0.3, 0.4) is 0 Å². The van der Waals surface area contributed by atoms with Crippen molar-refractivity contribution in [3.8, 4) is 0 Å². The Morgan fingerprint density at radius 1 is 1.10 bits per heavy atom. The minimum absolute atomic E-state index is 0.00118. The van der Waals surface area contributed by atoms with E-state index in [1.165, 1.54) is 11.8 Å². The summed E-state index contributed by atoms with van der Waals surface area (Å²) < 4.78 is 5.43. The fourth-order valence-electron chi connectivity index (χ4n) is 3.36. The Labute approximate surface area is 181 Å². The van der Waals surface area contributed by atoms with Gasteiger partial charge in [0.2, 0.25) is 5.91 Å². The Morgan fingerprint density at radius 2 is 1.83 bits per heavy atom. The zero-order chi connectivity index (χ0) is 20.8. The first-order valence-electron chi connectivity index (χ1n) is 10.2. The summed E-state index contributed by atoms with van der Waals surface area (Å²) in [5.74, 6) is 0.788. The van der Waals surface area contributed by atoms with Crippen LogP contribution in [-0.4, -0.2) is 52.3 Å². The van der Waals surface area contributed by atoms with Crippen molar-refractivity contribution in [2.75, 3.05) is 26.3 Å². The van der Waals surface area contributed by atoms with E-state index < -0.39 is 0 Å². The number of nitrogens with zero attached hydrogens (tertiary/aromatic N) is 3. The minimum Gasteiger partial charge on any atom is -0.379 e. The zero-order valence-corrected chi connectivity index (χ0v) is 17.9. The van der Waals surface area contributed by atoms with Crippen LogP contribution in [0, 0.1) is 0 Å². The number of amides is 1. The molecule has 0 radical (unpaired) electrons. The van der Waals surface area contributed by atoms with Crippen LogP contribution < -0.4 is 5.32 Å². The van der Waals surface area contributed by atoms with Crippen LogP contribution in [0.1, 0.15) is 18.3 Å². The molecule has 1 atom stereocenters. The Hall–Kier alpha value is -2.48. The molecule has 1 amide bonds. The summed E-state index contributed by atoms with van der Waals surface area (Å²) in [5.41, 5.74) is 2.00. The molecular formula is C23H26N4O2S. The number of carbonyl (C=O) groups is 1. The topological polar surface area (TPSA) is 67.3 Å². The quantitative estimate of drug-likeness (QED) is 0.466. The molecule has 7 heteroatoms. The van der Waals surface area contributed by atoms with Gasteiger partial charge in [-0.1, -0.05) is 60.3 Å². The summed E-state index contributed by atoms with van der Waals surface area (Å²) in [7, 11) is 0. The number of aromatic nitrogens is 2. The van der Waals surface area contributed by atoms with Gasteiger partial charge in [-0.05, 0) is 18.6 Å². The van der Waals surface area contributed by atoms with Crippen molar-refractivity contribution in [2.45, 2.75) is 30.3 Å². The molecule has 1 aliphatic rings. The van der Waals surface area contributed by atoms with Crippen LogP contribution in [0.2, 0.25) is 0 Å². The summed E-state index contributed by atoms with van der Waals surface area (Å²) in [4.78, 5) is 24.5. The second-order valence-electron chi connectivity index (χ2n) is 7.31. The van der Waals surface area contributed by atoms with Gasteiger partial charge in [0.1, 0.15) is 10.9 Å². The van der Waals surface area contributed by atoms with E-state index in [0.717, 1.165) is 53.6 Å². The fourth-order valence-corrected chi connectivity index (χ4v) is 4.35. The van der Waals surface area contributed by atoms with Gasteiger partial charge >= 0.3 is 0 Å². The molecule has 1 aromatic heterocycles. The summed E-state index contributed by atoms with van der Waals surface area (Å²) in [6, 6.07) is 17.9. The molecule has 0 unspecified atom stereocenters. The van der Waals surface area contributed by atoms with Gasteiger partial charge in [0.15, 0.2) is 0 Å². The molecule has 2 aromatic carbocycles. The monoisotopic (exact) mass is 422 g/mol. The Kier molecular flexibility index (Phi) is 6.94. The Bertz CT molecular complexity index is 993. The highest BCUT2D eigenvalue weighted by Crippen LogP contribution is 2.29. The molecule has 1 fully saturated rings. The molecule has 156 valence electrons. The van der Waals surface area contributed by atoms with Crippen LogP contribution in [0.25, 0.3) is 10.9 Å². The van der Waals surface area contributed by atoms with Crippen LogP contribution >= 0.6 is 11.8 Å². The molecule has 1 N–H and O–H groups in total. The highest BCUT2D eigenvalue weighted by molar-refractivity contribution is 8.00. The number of nitrogens with one attached hydrogen (secondary N) is 1. The average Bonchev–Trinajstić information content (AvgIpc) is 2.79. The molecule has 0 saturated carbocycles. The second-order valence-corrected chi connectivity index (χ2v) is 8.64. The summed E-state index contributed by atoms with van der Waals surface area (Å²) in [5, 5.41) is 4.60. The first-order valence-corrected chi connectivity index (χ1v) is 11.1. The van der Waals surface area contributed by atoms with Gasteiger partial charge in [-0.15, -0.1) is 0 Å². The maximum atomic E-state index is 12.7. The number of thioether (sulfide) groups is 1. The molecule has 3 aromatic rings. The first-order chi connectivity index (χ1) is 14.7. The van der Waals surface area contributed by atoms with E-state index in [4.69, 9.17) is 14.7 Å². The van der Waals surface area contributed by atoms with Crippen molar-refractivity contribution in [1.29, 1.82) is 0 Å². The Balaban J connectivity index is 1.48. The fraction of sp³-hybridized carbons (Fsp3) is 0.348. The highest BCUT2D eigenvalue weighted by atomic mass is 32.2. The SMILES string of the molecule is C[C@H](Sc1nc(CN2CCOCC2)nc2ccccc12)C(=O)NCc1ccccc1. The largest absolute Gasteiger partial charge is 0.379 e. The highest BCUT2D eigenvalue weighted by Gasteiger charge is 2.19. The van der Waals surface area contributed by atoms with E-state index >= 15 is 0 Å². The van der Waals surface area contributed by atoms with Crippen molar-refractivity contribution < 1.29 is 9.53 Å². The normalized spacial score (nSPS) is 15.8. The second kappa shape index (κ2) is 10.0. The predicted octanol–water partition coefficient (Wildman–Crippen LogP) is 3.26. The van der Waals surface area contributed by atoms with Crippen molar-refractivity contribution >= 4 is 28.6 Å². The van der Waals surface area contributed by atoms with Crippen LogP contribution in [0.4, 0.5) is 0 Å². The standard InChI is InChI=1S/C23H26N4O2S/c1-17(22(28)24-15-18-7-3-2-4-8-18)30-23-19-9-5-6-10-20(19)25-21(26-23)16-27-11-13-29-14-12-27/h2-10,17H,11-16H2,1H3,(H,24,28)/t17-/m0/s1. The van der Waals surface area contributed by atoms with E-state index in [9.17, 15) is 4.79 Å². The molecular weight excluding hydrogens is 396 g/mol. The predicted molar refractivity (Wildman–Crippen MR) is 119 cm³/mol. The van der Waals surface area contributed by atoms with Crippen molar-refractivity contribution in [3.05, 3.63) is 66.0 Å². The van der Waals surface area contributed by atoms with Gasteiger partial charge in [-0.3, -0.25) is 9.69 Å². The number of hydrogen-bond donors (Lipinski definition) is 1. The van der Waals surface area contributed by atoms with E-state index in [1.54, 1.807) is 0 Å². The van der Waals surface area contributed by atoms with Crippen LogP contribution in [-0.2, 0) is 22.6 Å². The lowest BCUT2D eigenvalue weighted by molar-refractivity contribution is -0.120. The first kappa shape index (κ1) is 20.8.